The number of hydrogen-bond donors (Lipinski definition) is 1. The van der Waals surface area contributed by atoms with Crippen LogP contribution in [-0.4, -0.2) is 24.6 Å². The molecule has 14 heavy (non-hydrogen) atoms. The Morgan fingerprint density at radius 3 is 2.57 bits per heavy atom. The van der Waals surface area contributed by atoms with Gasteiger partial charge in [-0.25, -0.2) is 13.4 Å². The predicted octanol–water partition coefficient (Wildman–Crippen LogP) is -0.271. The second-order valence-electron chi connectivity index (χ2n) is 2.76. The summed E-state index contributed by atoms with van der Waals surface area (Å²) < 4.78 is 23.2. The fourth-order valence-electron chi connectivity index (χ4n) is 0.849. The van der Waals surface area contributed by atoms with Crippen molar-refractivity contribution in [1.82, 2.24) is 4.98 Å². The smallest absolute Gasteiger partial charge is 0.235 e. The van der Waals surface area contributed by atoms with E-state index in [1.165, 1.54) is 25.3 Å². The summed E-state index contributed by atoms with van der Waals surface area (Å²) in [5.74, 6) is -0.879. The molecule has 5 nitrogen and oxygen atoms in total. The van der Waals surface area contributed by atoms with Gasteiger partial charge in [-0.3, -0.25) is 4.79 Å². The lowest BCUT2D eigenvalue weighted by molar-refractivity contribution is -0.117. The van der Waals surface area contributed by atoms with Crippen LogP contribution in [0.25, 0.3) is 0 Å². The highest BCUT2D eigenvalue weighted by molar-refractivity contribution is 7.92. The summed E-state index contributed by atoms with van der Waals surface area (Å²) in [4.78, 5) is 14.4. The highest BCUT2D eigenvalue weighted by Crippen LogP contribution is 2.11. The van der Waals surface area contributed by atoms with E-state index >= 15 is 0 Å². The highest BCUT2D eigenvalue weighted by Gasteiger charge is 2.28. The van der Waals surface area contributed by atoms with Crippen molar-refractivity contribution >= 4 is 15.7 Å². The van der Waals surface area contributed by atoms with Crippen LogP contribution in [0.2, 0.25) is 0 Å². The van der Waals surface area contributed by atoms with Crippen LogP contribution in [0.3, 0.4) is 0 Å². The van der Waals surface area contributed by atoms with Gasteiger partial charge in [-0.2, -0.15) is 0 Å². The number of nitrogens with zero attached hydrogens (tertiary/aromatic N) is 1. The third-order valence-corrected chi connectivity index (χ3v) is 3.78. The summed E-state index contributed by atoms with van der Waals surface area (Å²) in [5, 5.41) is -1.39. The Morgan fingerprint density at radius 2 is 2.14 bits per heavy atom. The first-order valence-corrected chi connectivity index (χ1v) is 5.45. The molecule has 1 heterocycles. The van der Waals surface area contributed by atoms with Gasteiger partial charge in [-0.1, -0.05) is 6.07 Å². The Kier molecular flexibility index (Phi) is 2.85. The van der Waals surface area contributed by atoms with Crippen LogP contribution in [0.5, 0.6) is 0 Å². The van der Waals surface area contributed by atoms with E-state index in [-0.39, 0.29) is 5.03 Å². The standard InChI is InChI=1S/C8H10N2O3S/c1-6(8(9)11)14(12,13)7-4-2-3-5-10-7/h2-6H,1H3,(H2,9,11). The third kappa shape index (κ3) is 1.90. The number of rotatable bonds is 3. The van der Waals surface area contributed by atoms with E-state index in [9.17, 15) is 13.2 Å². The molecule has 0 saturated carbocycles. The molecule has 0 fully saturated rings. The van der Waals surface area contributed by atoms with Gasteiger partial charge in [0, 0.05) is 6.20 Å². The van der Waals surface area contributed by atoms with E-state index in [0.29, 0.717) is 0 Å². The van der Waals surface area contributed by atoms with Crippen LogP contribution in [-0.2, 0) is 14.6 Å². The molecular formula is C8H10N2O3S. The molecule has 76 valence electrons. The topological polar surface area (TPSA) is 90.1 Å². The number of carbonyl (C=O) groups is 1. The number of primary amides is 1. The Labute approximate surface area is 81.9 Å². The maximum Gasteiger partial charge on any atom is 0.235 e. The Bertz CT molecular complexity index is 427. The minimum absolute atomic E-state index is 0.133. The number of hydrogen-bond acceptors (Lipinski definition) is 4. The molecule has 1 unspecified atom stereocenters. The molecule has 1 rings (SSSR count). The number of pyridine rings is 1. The zero-order chi connectivity index (χ0) is 10.8. The summed E-state index contributed by atoms with van der Waals surface area (Å²) >= 11 is 0. The third-order valence-electron chi connectivity index (χ3n) is 1.80. The summed E-state index contributed by atoms with van der Waals surface area (Å²) in [5.41, 5.74) is 4.91. The number of sulfone groups is 1. The zero-order valence-electron chi connectivity index (χ0n) is 7.54. The van der Waals surface area contributed by atoms with E-state index in [2.05, 4.69) is 4.98 Å². The zero-order valence-corrected chi connectivity index (χ0v) is 8.36. The van der Waals surface area contributed by atoms with E-state index in [1.807, 2.05) is 0 Å². The lowest BCUT2D eigenvalue weighted by Gasteiger charge is -2.07. The molecule has 0 spiro atoms. The maximum atomic E-state index is 11.6. The van der Waals surface area contributed by atoms with Gasteiger partial charge in [0.15, 0.2) is 5.03 Å². The first-order valence-electron chi connectivity index (χ1n) is 3.90. The summed E-state index contributed by atoms with van der Waals surface area (Å²) in [6.07, 6.45) is 1.35. The number of amides is 1. The highest BCUT2D eigenvalue weighted by atomic mass is 32.2. The van der Waals surface area contributed by atoms with Crippen molar-refractivity contribution < 1.29 is 13.2 Å². The molecule has 0 aliphatic heterocycles. The van der Waals surface area contributed by atoms with Crippen LogP contribution in [0, 0.1) is 0 Å². The van der Waals surface area contributed by atoms with Gasteiger partial charge >= 0.3 is 0 Å². The average molecular weight is 214 g/mol. The molecule has 1 aromatic rings. The summed E-state index contributed by atoms with van der Waals surface area (Å²) in [7, 11) is -3.72. The van der Waals surface area contributed by atoms with E-state index in [4.69, 9.17) is 5.73 Å². The van der Waals surface area contributed by atoms with Crippen LogP contribution >= 0.6 is 0 Å². The van der Waals surface area contributed by atoms with Crippen LogP contribution in [0.4, 0.5) is 0 Å². The molecule has 1 aromatic heterocycles. The fraction of sp³-hybridized carbons (Fsp3) is 0.250. The number of carbonyl (C=O) groups excluding carboxylic acids is 1. The van der Waals surface area contributed by atoms with E-state index < -0.39 is 21.0 Å². The fourth-order valence-corrected chi connectivity index (χ4v) is 1.99. The molecule has 0 aromatic carbocycles. The Balaban J connectivity index is 3.16. The Morgan fingerprint density at radius 1 is 1.50 bits per heavy atom. The molecule has 1 amide bonds. The predicted molar refractivity (Wildman–Crippen MR) is 50.1 cm³/mol. The van der Waals surface area contributed by atoms with Gasteiger partial charge in [-0.15, -0.1) is 0 Å². The summed E-state index contributed by atoms with van der Waals surface area (Å²) in [6.45, 7) is 1.24. The van der Waals surface area contributed by atoms with Crippen LogP contribution < -0.4 is 5.73 Å². The van der Waals surface area contributed by atoms with Gasteiger partial charge in [0.25, 0.3) is 0 Å². The van der Waals surface area contributed by atoms with Crippen molar-refractivity contribution in [3.8, 4) is 0 Å². The molecule has 0 aliphatic rings. The van der Waals surface area contributed by atoms with Crippen molar-refractivity contribution in [2.75, 3.05) is 0 Å². The van der Waals surface area contributed by atoms with Gasteiger partial charge in [0.05, 0.1) is 0 Å². The van der Waals surface area contributed by atoms with Gasteiger partial charge in [-0.05, 0) is 19.1 Å². The van der Waals surface area contributed by atoms with Crippen LogP contribution in [0.1, 0.15) is 6.92 Å². The Hall–Kier alpha value is -1.43. The number of nitrogens with two attached hydrogens (primary N) is 1. The largest absolute Gasteiger partial charge is 0.369 e. The molecular weight excluding hydrogens is 204 g/mol. The van der Waals surface area contributed by atoms with Crippen molar-refractivity contribution in [3.63, 3.8) is 0 Å². The van der Waals surface area contributed by atoms with Gasteiger partial charge in [0.1, 0.15) is 5.25 Å². The minimum Gasteiger partial charge on any atom is -0.369 e. The van der Waals surface area contributed by atoms with E-state index in [1.54, 1.807) is 6.07 Å². The molecule has 2 N–H and O–H groups in total. The molecule has 0 aliphatic carbocycles. The molecule has 6 heteroatoms. The molecule has 0 radical (unpaired) electrons. The number of aromatic nitrogens is 1. The summed E-state index contributed by atoms with van der Waals surface area (Å²) in [6, 6.07) is 4.45. The first kappa shape index (κ1) is 10.6. The lowest BCUT2D eigenvalue weighted by Crippen LogP contribution is -2.33. The molecule has 0 bridgehead atoms. The SMILES string of the molecule is CC(C(N)=O)S(=O)(=O)c1ccccn1. The molecule has 1 atom stereocenters. The monoisotopic (exact) mass is 214 g/mol. The second kappa shape index (κ2) is 3.75. The second-order valence-corrected chi connectivity index (χ2v) is 4.97. The quantitative estimate of drug-likeness (QED) is 0.749. The van der Waals surface area contributed by atoms with Crippen molar-refractivity contribution in [3.05, 3.63) is 24.4 Å². The lowest BCUT2D eigenvalue weighted by atomic mass is 10.5. The average Bonchev–Trinajstić information content (AvgIpc) is 2.18. The maximum absolute atomic E-state index is 11.6. The van der Waals surface area contributed by atoms with Crippen molar-refractivity contribution in [2.24, 2.45) is 5.73 Å². The van der Waals surface area contributed by atoms with Gasteiger partial charge < -0.3 is 5.73 Å². The van der Waals surface area contributed by atoms with Crippen molar-refractivity contribution in [2.45, 2.75) is 17.2 Å². The first-order chi connectivity index (χ1) is 6.46. The van der Waals surface area contributed by atoms with Crippen LogP contribution in [0.15, 0.2) is 29.4 Å². The minimum atomic E-state index is -3.72. The van der Waals surface area contributed by atoms with Crippen molar-refractivity contribution in [1.29, 1.82) is 0 Å². The van der Waals surface area contributed by atoms with E-state index in [0.717, 1.165) is 0 Å². The van der Waals surface area contributed by atoms with Gasteiger partial charge in [0.2, 0.25) is 15.7 Å². The normalized spacial score (nSPS) is 13.5. The molecule has 0 saturated heterocycles.